The highest BCUT2D eigenvalue weighted by Crippen LogP contribution is 1.99. The maximum Gasteiger partial charge on any atom is 0.354 e. The lowest BCUT2D eigenvalue weighted by molar-refractivity contribution is -0.129. The van der Waals surface area contributed by atoms with Crippen LogP contribution in [0, 0.1) is 0 Å². The van der Waals surface area contributed by atoms with Gasteiger partial charge >= 0.3 is 5.97 Å². The van der Waals surface area contributed by atoms with Crippen molar-refractivity contribution in [3.63, 3.8) is 0 Å². The zero-order chi connectivity index (χ0) is 10.6. The Hall–Kier alpha value is -2.18. The largest absolute Gasteiger partial charge is 0.477 e. The molecule has 1 rings (SSSR count). The van der Waals surface area contributed by atoms with E-state index in [1.54, 1.807) is 0 Å². The Labute approximate surface area is 78.9 Å². The fourth-order valence-corrected chi connectivity index (χ4v) is 0.837. The summed E-state index contributed by atoms with van der Waals surface area (Å²) in [6.07, 6.45) is 1.30. The van der Waals surface area contributed by atoms with Crippen molar-refractivity contribution in [2.75, 3.05) is 5.73 Å². The van der Waals surface area contributed by atoms with Gasteiger partial charge in [0.2, 0.25) is 5.95 Å². The molecule has 0 radical (unpaired) electrons. The van der Waals surface area contributed by atoms with Gasteiger partial charge in [-0.05, 0) is 6.07 Å². The summed E-state index contributed by atoms with van der Waals surface area (Å²) < 4.78 is 0. The number of carboxylic acid groups (broad SMARTS) is 1. The standard InChI is InChI=1S/C7H8N4O3/c8-7-9-2-1-4(10-7)3-5(11-14)6(12)13/h1-2,14H,3H2,(H,12,13)(H2,8,9,10). The van der Waals surface area contributed by atoms with Crippen LogP contribution in [-0.2, 0) is 11.2 Å². The highest BCUT2D eigenvalue weighted by atomic mass is 16.4. The Morgan fingerprint density at radius 3 is 2.86 bits per heavy atom. The van der Waals surface area contributed by atoms with Gasteiger partial charge in [0.1, 0.15) is 0 Å². The Morgan fingerprint density at radius 1 is 1.64 bits per heavy atom. The molecule has 0 unspecified atom stereocenters. The Kier molecular flexibility index (Phi) is 2.95. The SMILES string of the molecule is Nc1nccc(CC(=NO)C(=O)O)n1. The van der Waals surface area contributed by atoms with Gasteiger partial charge in [-0.25, -0.2) is 14.8 Å². The number of oxime groups is 1. The molecule has 7 heteroatoms. The summed E-state index contributed by atoms with van der Waals surface area (Å²) in [5, 5.41) is 19.5. The monoisotopic (exact) mass is 196 g/mol. The molecule has 0 aliphatic carbocycles. The van der Waals surface area contributed by atoms with Crippen LogP contribution in [0.15, 0.2) is 17.4 Å². The van der Waals surface area contributed by atoms with Crippen LogP contribution < -0.4 is 5.73 Å². The van der Waals surface area contributed by atoms with Crippen molar-refractivity contribution >= 4 is 17.6 Å². The molecule has 14 heavy (non-hydrogen) atoms. The third kappa shape index (κ3) is 2.41. The number of hydrogen-bond donors (Lipinski definition) is 3. The first kappa shape index (κ1) is 9.90. The first-order valence-corrected chi connectivity index (χ1v) is 3.65. The molecule has 0 fully saturated rings. The van der Waals surface area contributed by atoms with Crippen molar-refractivity contribution in [1.82, 2.24) is 9.97 Å². The Bertz CT molecular complexity index is 377. The first-order chi connectivity index (χ1) is 6.63. The second-order valence-corrected chi connectivity index (χ2v) is 2.43. The summed E-state index contributed by atoms with van der Waals surface area (Å²) in [7, 11) is 0. The molecule has 1 aromatic rings. The Morgan fingerprint density at radius 2 is 2.36 bits per heavy atom. The topological polar surface area (TPSA) is 122 Å². The summed E-state index contributed by atoms with van der Waals surface area (Å²) in [5.41, 5.74) is 5.26. The van der Waals surface area contributed by atoms with Gasteiger partial charge in [-0.15, -0.1) is 0 Å². The second-order valence-electron chi connectivity index (χ2n) is 2.43. The van der Waals surface area contributed by atoms with Crippen LogP contribution in [-0.4, -0.2) is 32.0 Å². The molecule has 0 saturated heterocycles. The third-order valence-corrected chi connectivity index (χ3v) is 1.45. The Balaban J connectivity index is 2.83. The molecule has 74 valence electrons. The average Bonchev–Trinajstić information content (AvgIpc) is 2.14. The number of nitrogen functional groups attached to an aromatic ring is 1. The lowest BCUT2D eigenvalue weighted by Crippen LogP contribution is -2.17. The minimum Gasteiger partial charge on any atom is -0.477 e. The summed E-state index contributed by atoms with van der Waals surface area (Å²) in [5.74, 6) is -1.25. The van der Waals surface area contributed by atoms with Crippen molar-refractivity contribution in [3.05, 3.63) is 18.0 Å². The van der Waals surface area contributed by atoms with E-state index in [1.807, 2.05) is 0 Å². The number of carbonyl (C=O) groups is 1. The molecule has 1 heterocycles. The highest BCUT2D eigenvalue weighted by molar-refractivity contribution is 6.35. The van der Waals surface area contributed by atoms with Gasteiger partial charge in [-0.3, -0.25) is 0 Å². The van der Waals surface area contributed by atoms with Crippen LogP contribution in [0.25, 0.3) is 0 Å². The van der Waals surface area contributed by atoms with E-state index in [0.29, 0.717) is 5.69 Å². The van der Waals surface area contributed by atoms with Crippen LogP contribution in [0.5, 0.6) is 0 Å². The average molecular weight is 196 g/mol. The summed E-state index contributed by atoms with van der Waals surface area (Å²) in [6, 6.07) is 1.49. The number of nitrogens with zero attached hydrogens (tertiary/aromatic N) is 3. The van der Waals surface area contributed by atoms with Crippen molar-refractivity contribution in [3.8, 4) is 0 Å². The summed E-state index contributed by atoms with van der Waals surface area (Å²) in [4.78, 5) is 17.8. The molecule has 0 aliphatic rings. The summed E-state index contributed by atoms with van der Waals surface area (Å²) in [6.45, 7) is 0. The number of rotatable bonds is 3. The molecule has 0 aromatic carbocycles. The van der Waals surface area contributed by atoms with E-state index in [4.69, 9.17) is 16.0 Å². The van der Waals surface area contributed by atoms with Gasteiger partial charge < -0.3 is 16.0 Å². The minimum absolute atomic E-state index is 0.0465. The normalized spacial score (nSPS) is 11.3. The molecule has 0 aliphatic heterocycles. The molecule has 4 N–H and O–H groups in total. The molecule has 1 aromatic heterocycles. The van der Waals surface area contributed by atoms with E-state index in [1.165, 1.54) is 12.3 Å². The number of hydrogen-bond acceptors (Lipinski definition) is 6. The third-order valence-electron chi connectivity index (χ3n) is 1.45. The smallest absolute Gasteiger partial charge is 0.354 e. The number of carboxylic acids is 1. The number of aromatic nitrogens is 2. The lowest BCUT2D eigenvalue weighted by Gasteiger charge is -1.99. The molecule has 7 nitrogen and oxygen atoms in total. The molecule has 0 saturated carbocycles. The predicted octanol–water partition coefficient (Wildman–Crippen LogP) is -0.484. The number of nitrogens with two attached hydrogens (primary N) is 1. The molecule has 0 spiro atoms. The van der Waals surface area contributed by atoms with Crippen molar-refractivity contribution in [1.29, 1.82) is 0 Å². The maximum absolute atomic E-state index is 10.5. The van der Waals surface area contributed by atoms with E-state index in [2.05, 4.69) is 15.1 Å². The number of anilines is 1. The zero-order valence-electron chi connectivity index (χ0n) is 7.08. The van der Waals surface area contributed by atoms with Gasteiger partial charge in [0.25, 0.3) is 0 Å². The van der Waals surface area contributed by atoms with E-state index in [0.717, 1.165) is 0 Å². The molecular weight excluding hydrogens is 188 g/mol. The lowest BCUT2D eigenvalue weighted by atomic mass is 10.2. The van der Waals surface area contributed by atoms with Gasteiger partial charge in [-0.1, -0.05) is 5.16 Å². The van der Waals surface area contributed by atoms with Crippen molar-refractivity contribution in [2.45, 2.75) is 6.42 Å². The van der Waals surface area contributed by atoms with Crippen molar-refractivity contribution < 1.29 is 15.1 Å². The van der Waals surface area contributed by atoms with Gasteiger partial charge in [0, 0.05) is 12.6 Å². The van der Waals surface area contributed by atoms with Crippen LogP contribution in [0.3, 0.4) is 0 Å². The molecule has 0 amide bonds. The zero-order valence-corrected chi connectivity index (χ0v) is 7.08. The fraction of sp³-hybridized carbons (Fsp3) is 0.143. The maximum atomic E-state index is 10.5. The number of aliphatic carboxylic acids is 1. The van der Waals surface area contributed by atoms with Crippen LogP contribution >= 0.6 is 0 Å². The van der Waals surface area contributed by atoms with Gasteiger partial charge in [0.15, 0.2) is 5.71 Å². The van der Waals surface area contributed by atoms with E-state index >= 15 is 0 Å². The van der Waals surface area contributed by atoms with E-state index in [9.17, 15) is 4.79 Å². The molecule has 0 bridgehead atoms. The van der Waals surface area contributed by atoms with Gasteiger partial charge in [-0.2, -0.15) is 0 Å². The molecule has 0 atom stereocenters. The van der Waals surface area contributed by atoms with Gasteiger partial charge in [0.05, 0.1) is 5.69 Å². The molecular formula is C7H8N4O3. The summed E-state index contributed by atoms with van der Waals surface area (Å²) >= 11 is 0. The second kappa shape index (κ2) is 4.17. The van der Waals surface area contributed by atoms with Crippen LogP contribution in [0.2, 0.25) is 0 Å². The van der Waals surface area contributed by atoms with E-state index in [-0.39, 0.29) is 12.4 Å². The van der Waals surface area contributed by atoms with Crippen LogP contribution in [0.4, 0.5) is 5.95 Å². The fourth-order valence-electron chi connectivity index (χ4n) is 0.837. The highest BCUT2D eigenvalue weighted by Gasteiger charge is 2.11. The minimum atomic E-state index is -1.30. The first-order valence-electron chi connectivity index (χ1n) is 3.65. The van der Waals surface area contributed by atoms with Crippen molar-refractivity contribution in [2.24, 2.45) is 5.16 Å². The quantitative estimate of drug-likeness (QED) is 0.341. The van der Waals surface area contributed by atoms with Crippen LogP contribution in [0.1, 0.15) is 5.69 Å². The van der Waals surface area contributed by atoms with E-state index < -0.39 is 11.7 Å². The predicted molar refractivity (Wildman–Crippen MR) is 47.0 cm³/mol.